The number of pyridine rings is 1. The van der Waals surface area contributed by atoms with Crippen molar-refractivity contribution in [2.24, 2.45) is 0 Å². The predicted octanol–water partition coefficient (Wildman–Crippen LogP) is 6.15. The van der Waals surface area contributed by atoms with Gasteiger partial charge in [0, 0.05) is 43.3 Å². The van der Waals surface area contributed by atoms with E-state index in [1.807, 2.05) is 72.8 Å². The number of aliphatic hydroxyl groups is 1. The van der Waals surface area contributed by atoms with E-state index in [1.165, 1.54) is 17.8 Å². The summed E-state index contributed by atoms with van der Waals surface area (Å²) in [7, 11) is 0. The number of carboxylic acids is 2. The fraction of sp³-hybridized carbons (Fsp3) is 0.278. The van der Waals surface area contributed by atoms with Crippen molar-refractivity contribution in [3.8, 4) is 11.1 Å². The molecule has 0 radical (unpaired) electrons. The van der Waals surface area contributed by atoms with Crippen molar-refractivity contribution in [2.45, 2.75) is 62.4 Å². The number of amides is 1. The van der Waals surface area contributed by atoms with E-state index in [0.29, 0.717) is 23.7 Å². The fourth-order valence-electron chi connectivity index (χ4n) is 5.32. The molecular formula is C36H36N2O8S. The Labute approximate surface area is 276 Å². The first-order valence-electron chi connectivity index (χ1n) is 15.3. The third kappa shape index (κ3) is 9.26. The van der Waals surface area contributed by atoms with Crippen molar-refractivity contribution in [3.63, 3.8) is 0 Å². The molecule has 11 heteroatoms. The van der Waals surface area contributed by atoms with Gasteiger partial charge in [0.05, 0.1) is 24.4 Å². The van der Waals surface area contributed by atoms with Crippen LogP contribution in [0.2, 0.25) is 0 Å². The number of ether oxygens (including phenoxy) is 2. The highest BCUT2D eigenvalue weighted by Crippen LogP contribution is 2.40. The van der Waals surface area contributed by atoms with Crippen molar-refractivity contribution in [3.05, 3.63) is 119 Å². The smallest absolute Gasteiger partial charge is 0.338 e. The summed E-state index contributed by atoms with van der Waals surface area (Å²) in [6, 6.07) is 26.4. The first-order valence-corrected chi connectivity index (χ1v) is 16.3. The molecule has 3 aromatic carbocycles. The maximum atomic E-state index is 12.3. The molecule has 244 valence electrons. The Morgan fingerprint density at radius 2 is 1.62 bits per heavy atom. The number of carbonyl (C=O) groups excluding carboxylic acids is 1. The van der Waals surface area contributed by atoms with E-state index in [0.717, 1.165) is 33.4 Å². The zero-order chi connectivity index (χ0) is 33.2. The van der Waals surface area contributed by atoms with Crippen LogP contribution in [0.4, 0.5) is 0 Å². The van der Waals surface area contributed by atoms with Crippen LogP contribution < -0.4 is 5.32 Å². The quantitative estimate of drug-likeness (QED) is 0.116. The molecule has 0 bridgehead atoms. The third-order valence-corrected chi connectivity index (χ3v) is 8.94. The van der Waals surface area contributed by atoms with Gasteiger partial charge in [-0.25, -0.2) is 9.78 Å². The summed E-state index contributed by atoms with van der Waals surface area (Å²) in [5.41, 5.74) is 5.53. The molecule has 1 saturated heterocycles. The molecule has 0 saturated carbocycles. The van der Waals surface area contributed by atoms with Crippen molar-refractivity contribution >= 4 is 29.6 Å². The number of aliphatic carboxylic acids is 1. The number of aliphatic hydroxyl groups excluding tert-OH is 1. The third-order valence-electron chi connectivity index (χ3n) is 7.80. The Hall–Kier alpha value is -4.55. The van der Waals surface area contributed by atoms with E-state index < -0.39 is 18.2 Å². The second-order valence-corrected chi connectivity index (χ2v) is 12.1. The number of hydrogen-bond donors (Lipinski definition) is 4. The molecule has 0 aliphatic carbocycles. The van der Waals surface area contributed by atoms with Crippen molar-refractivity contribution < 1.29 is 39.2 Å². The van der Waals surface area contributed by atoms with Gasteiger partial charge in [-0.05, 0) is 46.4 Å². The van der Waals surface area contributed by atoms with Gasteiger partial charge in [0.25, 0.3) is 0 Å². The number of thioether (sulfide) groups is 1. The van der Waals surface area contributed by atoms with Gasteiger partial charge >= 0.3 is 11.9 Å². The van der Waals surface area contributed by atoms with Gasteiger partial charge < -0.3 is 30.1 Å². The topological polar surface area (TPSA) is 155 Å². The molecule has 1 aliphatic rings. The van der Waals surface area contributed by atoms with E-state index in [4.69, 9.17) is 14.6 Å². The van der Waals surface area contributed by atoms with E-state index in [9.17, 15) is 24.6 Å². The maximum absolute atomic E-state index is 12.3. The minimum Gasteiger partial charge on any atom is -0.481 e. The second kappa shape index (κ2) is 16.3. The van der Waals surface area contributed by atoms with Crippen LogP contribution in [0.3, 0.4) is 0 Å². The Kier molecular flexibility index (Phi) is 11.7. The van der Waals surface area contributed by atoms with Crippen LogP contribution in [0.5, 0.6) is 0 Å². The van der Waals surface area contributed by atoms with E-state index in [-0.39, 0.29) is 49.5 Å². The normalized spacial score (nSPS) is 17.6. The molecule has 2 heterocycles. The Morgan fingerprint density at radius 1 is 0.872 bits per heavy atom. The minimum atomic E-state index is -1.03. The first-order chi connectivity index (χ1) is 22.8. The van der Waals surface area contributed by atoms with Crippen LogP contribution in [0.25, 0.3) is 11.1 Å². The zero-order valence-electron chi connectivity index (χ0n) is 25.6. The zero-order valence-corrected chi connectivity index (χ0v) is 26.4. The summed E-state index contributed by atoms with van der Waals surface area (Å²) in [6.45, 7) is 0.260. The lowest BCUT2D eigenvalue weighted by Gasteiger charge is -2.36. The summed E-state index contributed by atoms with van der Waals surface area (Å²) in [5, 5.41) is 31.2. The molecule has 1 amide bonds. The number of aromatic nitrogens is 1. The van der Waals surface area contributed by atoms with E-state index in [2.05, 4.69) is 10.3 Å². The minimum absolute atomic E-state index is 0.0447. The average Bonchev–Trinajstić information content (AvgIpc) is 3.10. The highest BCUT2D eigenvalue weighted by Gasteiger charge is 2.32. The Balaban J connectivity index is 1.31. The summed E-state index contributed by atoms with van der Waals surface area (Å²) in [4.78, 5) is 39.0. The number of rotatable bonds is 14. The second-order valence-electron chi connectivity index (χ2n) is 11.1. The van der Waals surface area contributed by atoms with Crippen LogP contribution in [0.1, 0.15) is 70.7 Å². The number of aromatic carboxylic acids is 1. The molecule has 10 nitrogen and oxygen atoms in total. The lowest BCUT2D eigenvalue weighted by atomic mass is 9.97. The van der Waals surface area contributed by atoms with Gasteiger partial charge in [0.1, 0.15) is 5.03 Å². The van der Waals surface area contributed by atoms with Crippen molar-refractivity contribution in [2.75, 3.05) is 5.75 Å². The molecule has 0 spiro atoms. The first kappa shape index (κ1) is 33.8. The molecular weight excluding hydrogens is 620 g/mol. The monoisotopic (exact) mass is 656 g/mol. The molecule has 4 aromatic rings. The molecule has 4 N–H and O–H groups in total. The van der Waals surface area contributed by atoms with Crippen LogP contribution in [-0.2, 0) is 32.2 Å². The van der Waals surface area contributed by atoms with Crippen LogP contribution in [0.15, 0.2) is 96.2 Å². The summed E-state index contributed by atoms with van der Waals surface area (Å²) >= 11 is 1.33. The van der Waals surface area contributed by atoms with Crippen LogP contribution >= 0.6 is 11.8 Å². The predicted molar refractivity (Wildman–Crippen MR) is 176 cm³/mol. The van der Waals surface area contributed by atoms with Gasteiger partial charge in [-0.2, -0.15) is 0 Å². The molecule has 3 atom stereocenters. The van der Waals surface area contributed by atoms with Crippen molar-refractivity contribution in [1.29, 1.82) is 0 Å². The number of hydrogen-bond acceptors (Lipinski definition) is 8. The van der Waals surface area contributed by atoms with E-state index >= 15 is 0 Å². The summed E-state index contributed by atoms with van der Waals surface area (Å²) in [6.07, 6.45) is 1.26. The van der Waals surface area contributed by atoms with Crippen molar-refractivity contribution in [1.82, 2.24) is 10.3 Å². The van der Waals surface area contributed by atoms with E-state index in [1.54, 1.807) is 12.3 Å². The van der Waals surface area contributed by atoms with Gasteiger partial charge in [-0.1, -0.05) is 72.8 Å². The van der Waals surface area contributed by atoms with Gasteiger partial charge in [0.15, 0.2) is 6.29 Å². The SMILES string of the molecule is O=C(O)CCCC(=O)NCc1ccccc1-c1ccc([C@@H]2O[C@H](CSc3ncccc3C(=O)O)C[C@H](c3ccc(CO)cc3)O2)cc1. The number of carbonyl (C=O) groups is 3. The standard InChI is InChI=1S/C36H36N2O8S/c39-21-23-10-12-25(13-11-23)31-19-28(22-47-34-30(35(43)44)7-4-18-37-34)45-36(46-31)26-16-14-24(15-17-26)29-6-2-1-5-27(29)20-38-32(40)8-3-9-33(41)42/h1-2,4-7,10-18,28,31,36,39H,3,8-9,19-22H2,(H,38,40)(H,41,42)(H,43,44)/t28-,31+,36+/m0/s1. The number of nitrogens with one attached hydrogen (secondary N) is 1. The Morgan fingerprint density at radius 3 is 2.34 bits per heavy atom. The lowest BCUT2D eigenvalue weighted by Crippen LogP contribution is -2.31. The maximum Gasteiger partial charge on any atom is 0.338 e. The molecule has 0 unspecified atom stereocenters. The molecule has 1 fully saturated rings. The fourth-order valence-corrected chi connectivity index (χ4v) is 6.33. The number of carboxylic acid groups (broad SMARTS) is 2. The van der Waals surface area contributed by atoms with Crippen LogP contribution in [0, 0.1) is 0 Å². The summed E-state index contributed by atoms with van der Waals surface area (Å²) in [5.74, 6) is -1.68. The van der Waals surface area contributed by atoms with Crippen LogP contribution in [-0.4, -0.2) is 50.0 Å². The Bertz CT molecular complexity index is 1680. The van der Waals surface area contributed by atoms with Gasteiger partial charge in [-0.15, -0.1) is 11.8 Å². The molecule has 1 aromatic heterocycles. The molecule has 5 rings (SSSR count). The molecule has 47 heavy (non-hydrogen) atoms. The highest BCUT2D eigenvalue weighted by molar-refractivity contribution is 7.99. The van der Waals surface area contributed by atoms with Gasteiger partial charge in [-0.3, -0.25) is 9.59 Å². The number of nitrogens with zero attached hydrogens (tertiary/aromatic N) is 1. The molecule has 1 aliphatic heterocycles. The number of benzene rings is 3. The highest BCUT2D eigenvalue weighted by atomic mass is 32.2. The largest absolute Gasteiger partial charge is 0.481 e. The van der Waals surface area contributed by atoms with Gasteiger partial charge in [0.2, 0.25) is 5.91 Å². The summed E-state index contributed by atoms with van der Waals surface area (Å²) < 4.78 is 12.9. The average molecular weight is 657 g/mol. The lowest BCUT2D eigenvalue weighted by molar-refractivity contribution is -0.245.